The van der Waals surface area contributed by atoms with Crippen molar-refractivity contribution in [3.05, 3.63) is 35.6 Å². The van der Waals surface area contributed by atoms with Crippen molar-refractivity contribution in [2.45, 2.75) is 52.2 Å². The van der Waals surface area contributed by atoms with Crippen molar-refractivity contribution >= 4 is 0 Å². The van der Waals surface area contributed by atoms with Gasteiger partial charge in [-0.15, -0.1) is 0 Å². The van der Waals surface area contributed by atoms with Crippen molar-refractivity contribution in [3.63, 3.8) is 0 Å². The van der Waals surface area contributed by atoms with Gasteiger partial charge in [-0.25, -0.2) is 4.39 Å². The van der Waals surface area contributed by atoms with Gasteiger partial charge >= 0.3 is 0 Å². The van der Waals surface area contributed by atoms with Crippen LogP contribution in [-0.4, -0.2) is 23.8 Å². The Morgan fingerprint density at radius 1 is 1.26 bits per heavy atom. The highest BCUT2D eigenvalue weighted by Gasteiger charge is 2.08. The van der Waals surface area contributed by atoms with Crippen LogP contribution in [-0.2, 0) is 6.42 Å². The average molecular weight is 267 g/mol. The number of nitrogens with one attached hydrogen (secondary N) is 1. The molecule has 0 fully saturated rings. The number of halogens is 1. The first kappa shape index (κ1) is 16.1. The molecule has 3 atom stereocenters. The minimum Gasteiger partial charge on any atom is -0.393 e. The molecule has 1 aromatic rings. The fraction of sp³-hybridized carbons (Fsp3) is 0.625. The Morgan fingerprint density at radius 2 is 2.00 bits per heavy atom. The summed E-state index contributed by atoms with van der Waals surface area (Å²) in [5.41, 5.74) is 1.05. The molecule has 3 unspecified atom stereocenters. The fourth-order valence-electron chi connectivity index (χ4n) is 2.25. The molecule has 3 heteroatoms. The van der Waals surface area contributed by atoms with Crippen LogP contribution in [0.25, 0.3) is 0 Å². The van der Waals surface area contributed by atoms with Gasteiger partial charge in [0.25, 0.3) is 0 Å². The second-order valence-corrected chi connectivity index (χ2v) is 5.67. The average Bonchev–Trinajstić information content (AvgIpc) is 2.33. The van der Waals surface area contributed by atoms with E-state index in [4.69, 9.17) is 0 Å². The van der Waals surface area contributed by atoms with Crippen LogP contribution in [0.3, 0.4) is 0 Å². The highest BCUT2D eigenvalue weighted by atomic mass is 19.1. The van der Waals surface area contributed by atoms with Gasteiger partial charge < -0.3 is 10.4 Å². The lowest BCUT2D eigenvalue weighted by Crippen LogP contribution is -2.31. The molecule has 0 aliphatic rings. The molecule has 1 rings (SSSR count). The quantitative estimate of drug-likeness (QED) is 0.758. The third-order valence-corrected chi connectivity index (χ3v) is 3.31. The van der Waals surface area contributed by atoms with Crippen LogP contribution in [0, 0.1) is 11.7 Å². The molecule has 0 spiro atoms. The highest BCUT2D eigenvalue weighted by Crippen LogP contribution is 2.09. The Balaban J connectivity index is 2.22. The summed E-state index contributed by atoms with van der Waals surface area (Å²) in [6, 6.07) is 7.20. The lowest BCUT2D eigenvalue weighted by atomic mass is 10.0. The monoisotopic (exact) mass is 267 g/mol. The SMILES string of the molecule is CC(O)CC(C)CNC(C)CCc1cccc(F)c1. The summed E-state index contributed by atoms with van der Waals surface area (Å²) in [5.74, 6) is 0.306. The van der Waals surface area contributed by atoms with E-state index in [2.05, 4.69) is 19.2 Å². The molecule has 0 aliphatic carbocycles. The number of benzene rings is 1. The minimum atomic E-state index is -0.237. The molecule has 0 aromatic heterocycles. The zero-order valence-electron chi connectivity index (χ0n) is 12.2. The molecule has 108 valence electrons. The second kappa shape index (κ2) is 8.28. The predicted molar refractivity (Wildman–Crippen MR) is 77.6 cm³/mol. The maximum absolute atomic E-state index is 13.0. The van der Waals surface area contributed by atoms with Gasteiger partial charge in [-0.1, -0.05) is 19.1 Å². The van der Waals surface area contributed by atoms with E-state index < -0.39 is 0 Å². The Labute approximate surface area is 116 Å². The van der Waals surface area contributed by atoms with Crippen LogP contribution < -0.4 is 5.32 Å². The standard InChI is InChI=1S/C16H26FNO/c1-12(9-14(3)19)11-18-13(2)7-8-15-5-4-6-16(17)10-15/h4-6,10,12-14,18-19H,7-9,11H2,1-3H3. The number of aliphatic hydroxyl groups is 1. The van der Waals surface area contributed by atoms with E-state index in [0.717, 1.165) is 31.4 Å². The number of hydrogen-bond acceptors (Lipinski definition) is 2. The van der Waals surface area contributed by atoms with Crippen LogP contribution in [0.15, 0.2) is 24.3 Å². The van der Waals surface area contributed by atoms with Crippen molar-refractivity contribution in [3.8, 4) is 0 Å². The fourth-order valence-corrected chi connectivity index (χ4v) is 2.25. The van der Waals surface area contributed by atoms with E-state index in [0.29, 0.717) is 12.0 Å². The summed E-state index contributed by atoms with van der Waals surface area (Å²) in [6.45, 7) is 7.02. The maximum Gasteiger partial charge on any atom is 0.123 e. The van der Waals surface area contributed by atoms with Gasteiger partial charge in [0.05, 0.1) is 6.10 Å². The first-order chi connectivity index (χ1) is 8.97. The third kappa shape index (κ3) is 7.28. The van der Waals surface area contributed by atoms with Crippen LogP contribution in [0.1, 0.15) is 39.2 Å². The van der Waals surface area contributed by atoms with Gasteiger partial charge in [0.2, 0.25) is 0 Å². The zero-order chi connectivity index (χ0) is 14.3. The van der Waals surface area contributed by atoms with Gasteiger partial charge in [0.1, 0.15) is 5.82 Å². The van der Waals surface area contributed by atoms with Crippen LogP contribution >= 0.6 is 0 Å². The summed E-state index contributed by atoms with van der Waals surface area (Å²) in [7, 11) is 0. The minimum absolute atomic E-state index is 0.163. The summed E-state index contributed by atoms with van der Waals surface area (Å²) in [5, 5.41) is 12.8. The highest BCUT2D eigenvalue weighted by molar-refractivity contribution is 5.16. The van der Waals surface area contributed by atoms with Gasteiger partial charge in [0, 0.05) is 6.04 Å². The Hall–Kier alpha value is -0.930. The van der Waals surface area contributed by atoms with Crippen LogP contribution in [0.4, 0.5) is 4.39 Å². The topological polar surface area (TPSA) is 32.3 Å². The number of hydrogen-bond donors (Lipinski definition) is 2. The van der Waals surface area contributed by atoms with E-state index in [9.17, 15) is 9.50 Å². The summed E-state index contributed by atoms with van der Waals surface area (Å²) >= 11 is 0. The lowest BCUT2D eigenvalue weighted by molar-refractivity contribution is 0.162. The van der Waals surface area contributed by atoms with Gasteiger partial charge in [-0.2, -0.15) is 0 Å². The molecule has 1 aromatic carbocycles. The molecule has 0 saturated carbocycles. The van der Waals surface area contributed by atoms with Crippen molar-refractivity contribution in [1.29, 1.82) is 0 Å². The van der Waals surface area contributed by atoms with Crippen molar-refractivity contribution in [1.82, 2.24) is 5.32 Å². The first-order valence-corrected chi connectivity index (χ1v) is 7.13. The van der Waals surface area contributed by atoms with Crippen LogP contribution in [0.2, 0.25) is 0 Å². The number of rotatable bonds is 8. The molecule has 0 amide bonds. The predicted octanol–water partition coefficient (Wildman–Crippen LogP) is 3.14. The van der Waals surface area contributed by atoms with E-state index in [1.54, 1.807) is 12.1 Å². The molecule has 0 radical (unpaired) electrons. The van der Waals surface area contributed by atoms with E-state index in [1.807, 2.05) is 13.0 Å². The summed E-state index contributed by atoms with van der Waals surface area (Å²) < 4.78 is 13.0. The van der Waals surface area contributed by atoms with Crippen molar-refractivity contribution in [2.75, 3.05) is 6.54 Å². The molecule has 2 nitrogen and oxygen atoms in total. The molecular formula is C16H26FNO. The molecule has 0 bridgehead atoms. The first-order valence-electron chi connectivity index (χ1n) is 7.13. The summed E-state index contributed by atoms with van der Waals surface area (Å²) in [6.07, 6.45) is 2.46. The zero-order valence-corrected chi connectivity index (χ0v) is 12.2. The van der Waals surface area contributed by atoms with Gasteiger partial charge in [-0.05, 0) is 63.3 Å². The van der Waals surface area contributed by atoms with Crippen molar-refractivity contribution in [2.24, 2.45) is 5.92 Å². The largest absolute Gasteiger partial charge is 0.393 e. The third-order valence-electron chi connectivity index (χ3n) is 3.31. The van der Waals surface area contributed by atoms with E-state index in [-0.39, 0.29) is 11.9 Å². The summed E-state index contributed by atoms with van der Waals surface area (Å²) in [4.78, 5) is 0. The lowest BCUT2D eigenvalue weighted by Gasteiger charge is -2.18. The molecule has 0 heterocycles. The molecule has 19 heavy (non-hydrogen) atoms. The van der Waals surface area contributed by atoms with Gasteiger partial charge in [-0.3, -0.25) is 0 Å². The second-order valence-electron chi connectivity index (χ2n) is 5.67. The van der Waals surface area contributed by atoms with Crippen molar-refractivity contribution < 1.29 is 9.50 Å². The van der Waals surface area contributed by atoms with Gasteiger partial charge in [0.15, 0.2) is 0 Å². The molecular weight excluding hydrogens is 241 g/mol. The normalized spacial score (nSPS) is 16.1. The maximum atomic E-state index is 13.0. The number of aryl methyl sites for hydroxylation is 1. The van der Waals surface area contributed by atoms with E-state index in [1.165, 1.54) is 6.07 Å². The van der Waals surface area contributed by atoms with Crippen LogP contribution in [0.5, 0.6) is 0 Å². The Bertz CT molecular complexity index is 368. The van der Waals surface area contributed by atoms with E-state index >= 15 is 0 Å². The molecule has 0 aliphatic heterocycles. The molecule has 0 saturated heterocycles. The molecule has 2 N–H and O–H groups in total. The smallest absolute Gasteiger partial charge is 0.123 e. The Morgan fingerprint density at radius 3 is 2.63 bits per heavy atom. The Kier molecular flexibility index (Phi) is 7.03. The number of aliphatic hydroxyl groups excluding tert-OH is 1.